The summed E-state index contributed by atoms with van der Waals surface area (Å²) in [5.41, 5.74) is 3.49. The van der Waals surface area contributed by atoms with Crippen LogP contribution in [0.4, 0.5) is 0 Å². The summed E-state index contributed by atoms with van der Waals surface area (Å²) in [4.78, 5) is 11.5. The van der Waals surface area contributed by atoms with Crippen molar-refractivity contribution in [3.8, 4) is 0 Å². The fraction of sp³-hybridized carbons (Fsp3) is 0.417. The molecule has 1 amide bonds. The molecule has 0 aliphatic carbocycles. The highest BCUT2D eigenvalue weighted by Gasteiger charge is 2.08. The van der Waals surface area contributed by atoms with Crippen molar-refractivity contribution in [2.24, 2.45) is 5.84 Å². The zero-order valence-corrected chi connectivity index (χ0v) is 9.94. The Morgan fingerprint density at radius 3 is 2.82 bits per heavy atom. The van der Waals surface area contributed by atoms with Crippen molar-refractivity contribution in [2.45, 2.75) is 13.0 Å². The SMILES string of the molecule is COCCCOCc1ccccc1C(=O)NN. The Morgan fingerprint density at radius 2 is 2.12 bits per heavy atom. The molecule has 0 bridgehead atoms. The number of ether oxygens (including phenoxy) is 2. The molecule has 0 unspecified atom stereocenters. The number of nitrogens with one attached hydrogen (secondary N) is 1. The molecule has 0 aliphatic heterocycles. The van der Waals surface area contributed by atoms with Gasteiger partial charge in [-0.3, -0.25) is 10.2 Å². The van der Waals surface area contributed by atoms with Crippen molar-refractivity contribution in [3.05, 3.63) is 35.4 Å². The van der Waals surface area contributed by atoms with E-state index in [0.29, 0.717) is 25.4 Å². The van der Waals surface area contributed by atoms with E-state index in [-0.39, 0.29) is 5.91 Å². The summed E-state index contributed by atoms with van der Waals surface area (Å²) in [5.74, 6) is 4.81. The number of hydrogen-bond donors (Lipinski definition) is 2. The highest BCUT2D eigenvalue weighted by Crippen LogP contribution is 2.09. The number of benzene rings is 1. The minimum atomic E-state index is -0.305. The number of nitrogen functional groups attached to an aromatic ring is 1. The quantitative estimate of drug-likeness (QED) is 0.319. The van der Waals surface area contributed by atoms with E-state index in [1.807, 2.05) is 12.1 Å². The fourth-order valence-corrected chi connectivity index (χ4v) is 1.43. The second kappa shape index (κ2) is 7.78. The van der Waals surface area contributed by atoms with Crippen molar-refractivity contribution >= 4 is 5.91 Å². The lowest BCUT2D eigenvalue weighted by atomic mass is 10.1. The molecule has 0 atom stereocenters. The number of carbonyl (C=O) groups excluding carboxylic acids is 1. The van der Waals surface area contributed by atoms with Gasteiger partial charge in [0.05, 0.1) is 6.61 Å². The monoisotopic (exact) mass is 238 g/mol. The van der Waals surface area contributed by atoms with E-state index in [1.54, 1.807) is 19.2 Å². The zero-order valence-electron chi connectivity index (χ0n) is 9.94. The van der Waals surface area contributed by atoms with E-state index in [2.05, 4.69) is 5.43 Å². The highest BCUT2D eigenvalue weighted by molar-refractivity contribution is 5.95. The second-order valence-electron chi connectivity index (χ2n) is 3.53. The topological polar surface area (TPSA) is 73.6 Å². The van der Waals surface area contributed by atoms with Gasteiger partial charge >= 0.3 is 0 Å². The molecule has 0 fully saturated rings. The van der Waals surface area contributed by atoms with E-state index in [0.717, 1.165) is 12.0 Å². The molecule has 0 saturated heterocycles. The minimum absolute atomic E-state index is 0.305. The van der Waals surface area contributed by atoms with E-state index in [9.17, 15) is 4.79 Å². The number of hydrazine groups is 1. The number of methoxy groups -OCH3 is 1. The van der Waals surface area contributed by atoms with Gasteiger partial charge < -0.3 is 9.47 Å². The lowest BCUT2D eigenvalue weighted by Gasteiger charge is -2.08. The molecule has 1 aromatic rings. The Labute approximate surface area is 101 Å². The first-order valence-electron chi connectivity index (χ1n) is 5.45. The van der Waals surface area contributed by atoms with Crippen molar-refractivity contribution in [3.63, 3.8) is 0 Å². The molecule has 0 saturated carbocycles. The summed E-state index contributed by atoms with van der Waals surface area (Å²) in [6.07, 6.45) is 0.835. The summed E-state index contributed by atoms with van der Waals surface area (Å²) in [6.45, 7) is 1.67. The maximum Gasteiger partial charge on any atom is 0.265 e. The number of amides is 1. The highest BCUT2D eigenvalue weighted by atomic mass is 16.5. The van der Waals surface area contributed by atoms with Crippen molar-refractivity contribution in [1.82, 2.24) is 5.43 Å². The lowest BCUT2D eigenvalue weighted by molar-refractivity contribution is 0.0886. The number of nitrogens with two attached hydrogens (primary N) is 1. The van der Waals surface area contributed by atoms with Gasteiger partial charge in [0.15, 0.2) is 0 Å². The summed E-state index contributed by atoms with van der Waals surface area (Å²) >= 11 is 0. The summed E-state index contributed by atoms with van der Waals surface area (Å²) in [6, 6.07) is 7.22. The van der Waals surface area contributed by atoms with Gasteiger partial charge in [-0.05, 0) is 18.1 Å². The van der Waals surface area contributed by atoms with Crippen LogP contribution in [0, 0.1) is 0 Å². The maximum absolute atomic E-state index is 11.5. The standard InChI is InChI=1S/C12H18N2O3/c1-16-7-4-8-17-9-10-5-2-3-6-11(10)12(15)14-13/h2-3,5-6H,4,7-9,13H2,1H3,(H,14,15). The molecule has 0 aliphatic rings. The lowest BCUT2D eigenvalue weighted by Crippen LogP contribution is -2.30. The summed E-state index contributed by atoms with van der Waals surface area (Å²) in [7, 11) is 1.65. The Kier molecular flexibility index (Phi) is 6.24. The van der Waals surface area contributed by atoms with Crippen LogP contribution in [0.3, 0.4) is 0 Å². The molecule has 1 rings (SSSR count). The van der Waals surface area contributed by atoms with Crippen molar-refractivity contribution in [1.29, 1.82) is 0 Å². The van der Waals surface area contributed by atoms with Crippen LogP contribution in [-0.4, -0.2) is 26.2 Å². The van der Waals surface area contributed by atoms with E-state index in [4.69, 9.17) is 15.3 Å². The third-order valence-corrected chi connectivity index (χ3v) is 2.29. The van der Waals surface area contributed by atoms with Gasteiger partial charge in [-0.1, -0.05) is 18.2 Å². The van der Waals surface area contributed by atoms with Gasteiger partial charge in [0.2, 0.25) is 0 Å². The molecule has 0 aromatic heterocycles. The Bertz CT molecular complexity index is 355. The third kappa shape index (κ3) is 4.52. The normalized spacial score (nSPS) is 10.2. The van der Waals surface area contributed by atoms with Gasteiger partial charge in [0.25, 0.3) is 5.91 Å². The third-order valence-electron chi connectivity index (χ3n) is 2.29. The maximum atomic E-state index is 11.5. The summed E-state index contributed by atoms with van der Waals surface area (Å²) < 4.78 is 10.4. The zero-order chi connectivity index (χ0) is 12.5. The molecule has 17 heavy (non-hydrogen) atoms. The van der Waals surface area contributed by atoms with Crippen LogP contribution < -0.4 is 11.3 Å². The Balaban J connectivity index is 2.49. The molecule has 0 heterocycles. The molecule has 5 heteroatoms. The van der Waals surface area contributed by atoms with Gasteiger partial charge in [-0.15, -0.1) is 0 Å². The van der Waals surface area contributed by atoms with Gasteiger partial charge in [-0.25, -0.2) is 5.84 Å². The van der Waals surface area contributed by atoms with Gasteiger partial charge in [-0.2, -0.15) is 0 Å². The average molecular weight is 238 g/mol. The van der Waals surface area contributed by atoms with Crippen molar-refractivity contribution < 1.29 is 14.3 Å². The molecular formula is C12H18N2O3. The Morgan fingerprint density at radius 1 is 1.35 bits per heavy atom. The average Bonchev–Trinajstić information content (AvgIpc) is 2.38. The van der Waals surface area contributed by atoms with E-state index < -0.39 is 0 Å². The van der Waals surface area contributed by atoms with E-state index >= 15 is 0 Å². The molecule has 0 spiro atoms. The van der Waals surface area contributed by atoms with E-state index in [1.165, 1.54) is 0 Å². The molecular weight excluding hydrogens is 220 g/mol. The molecule has 94 valence electrons. The van der Waals surface area contributed by atoms with Crippen LogP contribution in [0.15, 0.2) is 24.3 Å². The van der Waals surface area contributed by atoms with Gasteiger partial charge in [0, 0.05) is 25.9 Å². The van der Waals surface area contributed by atoms with Crippen LogP contribution >= 0.6 is 0 Å². The largest absolute Gasteiger partial charge is 0.385 e. The predicted molar refractivity (Wildman–Crippen MR) is 64.2 cm³/mol. The molecule has 5 nitrogen and oxygen atoms in total. The number of rotatable bonds is 7. The second-order valence-corrected chi connectivity index (χ2v) is 3.53. The molecule has 1 aromatic carbocycles. The number of carbonyl (C=O) groups is 1. The first kappa shape index (κ1) is 13.6. The first-order valence-corrected chi connectivity index (χ1v) is 5.45. The molecule has 3 N–H and O–H groups in total. The molecule has 0 radical (unpaired) electrons. The smallest absolute Gasteiger partial charge is 0.265 e. The van der Waals surface area contributed by atoms with Gasteiger partial charge in [0.1, 0.15) is 0 Å². The van der Waals surface area contributed by atoms with Crippen LogP contribution in [0.1, 0.15) is 22.3 Å². The van der Waals surface area contributed by atoms with Crippen molar-refractivity contribution in [2.75, 3.05) is 20.3 Å². The minimum Gasteiger partial charge on any atom is -0.385 e. The summed E-state index contributed by atoms with van der Waals surface area (Å²) in [5, 5.41) is 0. The Hall–Kier alpha value is -1.43. The first-order chi connectivity index (χ1) is 8.29. The van der Waals surface area contributed by atoms with Crippen LogP contribution in [-0.2, 0) is 16.1 Å². The van der Waals surface area contributed by atoms with Crippen LogP contribution in [0.2, 0.25) is 0 Å². The number of hydrogen-bond acceptors (Lipinski definition) is 4. The predicted octanol–water partition coefficient (Wildman–Crippen LogP) is 0.843. The van der Waals surface area contributed by atoms with Crippen LogP contribution in [0.5, 0.6) is 0 Å². The van der Waals surface area contributed by atoms with Crippen LogP contribution in [0.25, 0.3) is 0 Å². The fourth-order valence-electron chi connectivity index (χ4n) is 1.43.